The monoisotopic (exact) mass is 341 g/mol. The van der Waals surface area contributed by atoms with Crippen molar-refractivity contribution in [2.45, 2.75) is 57.2 Å². The van der Waals surface area contributed by atoms with Crippen molar-refractivity contribution in [3.8, 4) is 5.69 Å². The van der Waals surface area contributed by atoms with Gasteiger partial charge in [-0.15, -0.1) is 0 Å². The molecule has 0 radical (unpaired) electrons. The average molecular weight is 341 g/mol. The highest BCUT2D eigenvalue weighted by atomic mass is 16.1. The van der Waals surface area contributed by atoms with Crippen molar-refractivity contribution < 1.29 is 0 Å². The van der Waals surface area contributed by atoms with Gasteiger partial charge in [0.2, 0.25) is 0 Å². The number of benzene rings is 1. The maximum absolute atomic E-state index is 11.9. The van der Waals surface area contributed by atoms with E-state index in [1.54, 1.807) is 12.3 Å². The molecule has 25 heavy (non-hydrogen) atoms. The molecule has 1 atom stereocenters. The van der Waals surface area contributed by atoms with Crippen molar-refractivity contribution in [1.29, 1.82) is 0 Å². The molecule has 1 heterocycles. The lowest BCUT2D eigenvalue weighted by atomic mass is 9.91. The van der Waals surface area contributed by atoms with E-state index >= 15 is 0 Å². The van der Waals surface area contributed by atoms with E-state index in [0.29, 0.717) is 18.1 Å². The smallest absolute Gasteiger partial charge is 0.354 e. The molecule has 134 valence electrons. The molecule has 6 nitrogen and oxygen atoms in total. The van der Waals surface area contributed by atoms with Gasteiger partial charge in [-0.25, -0.2) is 4.79 Å². The lowest BCUT2D eigenvalue weighted by Crippen LogP contribution is -2.42. The Kier molecular flexibility index (Phi) is 5.50. The Hall–Kier alpha value is -2.18. The van der Waals surface area contributed by atoms with Crippen LogP contribution in [0.25, 0.3) is 5.69 Å². The molecular formula is C19H27N5O. The summed E-state index contributed by atoms with van der Waals surface area (Å²) in [5.74, 6) is 0.237. The molecule has 5 N–H and O–H groups in total. The molecule has 0 aliphatic heterocycles. The minimum absolute atomic E-state index is 0.237. The number of hydrogen-bond acceptors (Lipinski definition) is 5. The van der Waals surface area contributed by atoms with Crippen LogP contribution in [0.4, 0.5) is 5.82 Å². The van der Waals surface area contributed by atoms with E-state index in [1.165, 1.54) is 10.1 Å². The summed E-state index contributed by atoms with van der Waals surface area (Å²) < 4.78 is 1.49. The molecule has 1 aliphatic rings. The van der Waals surface area contributed by atoms with E-state index in [2.05, 4.69) is 29.4 Å². The summed E-state index contributed by atoms with van der Waals surface area (Å²) in [6.07, 6.45) is 7.16. The summed E-state index contributed by atoms with van der Waals surface area (Å²) in [7, 11) is 0. The second kappa shape index (κ2) is 7.80. The number of aromatic nitrogens is 2. The molecule has 0 spiro atoms. The molecule has 0 amide bonds. The summed E-state index contributed by atoms with van der Waals surface area (Å²) in [4.78, 5) is 15.7. The van der Waals surface area contributed by atoms with E-state index in [0.717, 1.165) is 37.8 Å². The SMILES string of the molecule is CC(Cc1ccc(-n2ccc(N)nc2=O)cc1)N[C@H]1CC[C@H](N)CC1. The van der Waals surface area contributed by atoms with Gasteiger partial charge in [-0.1, -0.05) is 12.1 Å². The Balaban J connectivity index is 1.59. The van der Waals surface area contributed by atoms with Crippen LogP contribution < -0.4 is 22.5 Å². The number of hydrogen-bond donors (Lipinski definition) is 3. The molecule has 0 bridgehead atoms. The van der Waals surface area contributed by atoms with Crippen LogP contribution in [-0.2, 0) is 6.42 Å². The van der Waals surface area contributed by atoms with Gasteiger partial charge in [0.15, 0.2) is 0 Å². The van der Waals surface area contributed by atoms with Gasteiger partial charge in [0.1, 0.15) is 5.82 Å². The summed E-state index contributed by atoms with van der Waals surface area (Å²) >= 11 is 0. The molecule has 0 saturated heterocycles. The predicted octanol–water partition coefficient (Wildman–Crippen LogP) is 1.61. The molecule has 3 rings (SSSR count). The fourth-order valence-electron chi connectivity index (χ4n) is 3.51. The quantitative estimate of drug-likeness (QED) is 0.767. The first-order valence-corrected chi connectivity index (χ1v) is 8.97. The molecule has 1 aromatic heterocycles. The van der Waals surface area contributed by atoms with Gasteiger partial charge in [0, 0.05) is 24.3 Å². The van der Waals surface area contributed by atoms with E-state index < -0.39 is 0 Å². The minimum atomic E-state index is -0.363. The Morgan fingerprint density at radius 2 is 1.88 bits per heavy atom. The maximum Gasteiger partial charge on any atom is 0.354 e. The molecular weight excluding hydrogens is 314 g/mol. The van der Waals surface area contributed by atoms with Gasteiger partial charge in [0.25, 0.3) is 0 Å². The molecule has 1 unspecified atom stereocenters. The maximum atomic E-state index is 11.9. The number of nitrogens with two attached hydrogens (primary N) is 2. The lowest BCUT2D eigenvalue weighted by molar-refractivity contribution is 0.319. The van der Waals surface area contributed by atoms with E-state index in [1.807, 2.05) is 12.1 Å². The van der Waals surface area contributed by atoms with Crippen LogP contribution in [-0.4, -0.2) is 27.7 Å². The van der Waals surface area contributed by atoms with Crippen LogP contribution in [0.1, 0.15) is 38.2 Å². The van der Waals surface area contributed by atoms with Gasteiger partial charge >= 0.3 is 5.69 Å². The first kappa shape index (κ1) is 17.6. The van der Waals surface area contributed by atoms with E-state index in [4.69, 9.17) is 11.5 Å². The normalized spacial score (nSPS) is 21.8. The first-order valence-electron chi connectivity index (χ1n) is 8.97. The van der Waals surface area contributed by atoms with Crippen molar-refractivity contribution in [1.82, 2.24) is 14.9 Å². The van der Waals surface area contributed by atoms with Crippen LogP contribution in [0.2, 0.25) is 0 Å². The second-order valence-electron chi connectivity index (χ2n) is 7.05. The molecule has 1 fully saturated rings. The minimum Gasteiger partial charge on any atom is -0.383 e. The highest BCUT2D eigenvalue weighted by molar-refractivity contribution is 5.36. The molecule has 1 aliphatic carbocycles. The van der Waals surface area contributed by atoms with Gasteiger partial charge in [-0.3, -0.25) is 4.57 Å². The number of nitrogens with one attached hydrogen (secondary N) is 1. The average Bonchev–Trinajstić information content (AvgIpc) is 2.58. The third kappa shape index (κ3) is 4.67. The van der Waals surface area contributed by atoms with Gasteiger partial charge in [-0.05, 0) is 62.8 Å². The third-order valence-corrected chi connectivity index (χ3v) is 4.87. The van der Waals surface area contributed by atoms with Crippen molar-refractivity contribution in [3.05, 3.63) is 52.6 Å². The molecule has 6 heteroatoms. The Bertz CT molecular complexity index is 747. The predicted molar refractivity (Wildman–Crippen MR) is 101 cm³/mol. The van der Waals surface area contributed by atoms with Crippen LogP contribution in [0.3, 0.4) is 0 Å². The Labute approximate surface area is 148 Å². The summed E-state index contributed by atoms with van der Waals surface area (Å²) in [6, 6.07) is 11.0. The number of rotatable bonds is 5. The van der Waals surface area contributed by atoms with Gasteiger partial charge in [-0.2, -0.15) is 4.98 Å². The molecule has 2 aromatic rings. The zero-order chi connectivity index (χ0) is 17.8. The van der Waals surface area contributed by atoms with Crippen LogP contribution in [0.5, 0.6) is 0 Å². The zero-order valence-electron chi connectivity index (χ0n) is 14.7. The van der Waals surface area contributed by atoms with Crippen LogP contribution in [0.15, 0.2) is 41.3 Å². The van der Waals surface area contributed by atoms with Crippen LogP contribution >= 0.6 is 0 Å². The summed E-state index contributed by atoms with van der Waals surface area (Å²) in [5, 5.41) is 3.71. The van der Waals surface area contributed by atoms with Gasteiger partial charge in [0.05, 0.1) is 5.69 Å². The Morgan fingerprint density at radius 1 is 1.20 bits per heavy atom. The topological polar surface area (TPSA) is 99.0 Å². The number of nitrogen functional groups attached to an aromatic ring is 1. The molecule has 1 saturated carbocycles. The van der Waals surface area contributed by atoms with Crippen molar-refractivity contribution in [2.24, 2.45) is 5.73 Å². The zero-order valence-corrected chi connectivity index (χ0v) is 14.7. The van der Waals surface area contributed by atoms with Gasteiger partial charge < -0.3 is 16.8 Å². The summed E-state index contributed by atoms with van der Waals surface area (Å²) in [5.41, 5.74) is 13.2. The first-order chi connectivity index (χ1) is 12.0. The Morgan fingerprint density at radius 3 is 2.52 bits per heavy atom. The number of nitrogens with zero attached hydrogens (tertiary/aromatic N) is 2. The standard InChI is InChI=1S/C19H27N5O/c1-13(22-16-6-4-15(20)5-7-16)12-14-2-8-17(9-3-14)24-11-10-18(21)23-19(24)25/h2-3,8-11,13,15-16,22H,4-7,12,20H2,1H3,(H2,21,23,25)/t13?,15-,16-. The fourth-order valence-corrected chi connectivity index (χ4v) is 3.51. The van der Waals surface area contributed by atoms with Crippen molar-refractivity contribution >= 4 is 5.82 Å². The van der Waals surface area contributed by atoms with Crippen molar-refractivity contribution in [2.75, 3.05) is 5.73 Å². The van der Waals surface area contributed by atoms with Crippen molar-refractivity contribution in [3.63, 3.8) is 0 Å². The number of anilines is 1. The largest absolute Gasteiger partial charge is 0.383 e. The van der Waals surface area contributed by atoms with E-state index in [9.17, 15) is 4.79 Å². The molecule has 1 aromatic carbocycles. The highest BCUT2D eigenvalue weighted by Crippen LogP contribution is 2.18. The van der Waals surface area contributed by atoms with Crippen LogP contribution in [0, 0.1) is 0 Å². The third-order valence-electron chi connectivity index (χ3n) is 4.87. The van der Waals surface area contributed by atoms with E-state index in [-0.39, 0.29) is 11.5 Å². The highest BCUT2D eigenvalue weighted by Gasteiger charge is 2.19. The fraction of sp³-hybridized carbons (Fsp3) is 0.474. The lowest BCUT2D eigenvalue weighted by Gasteiger charge is -2.29. The second-order valence-corrected chi connectivity index (χ2v) is 7.05. The summed E-state index contributed by atoms with van der Waals surface area (Å²) in [6.45, 7) is 2.22.